The number of benzene rings is 1. The molecular formula is C16H17F6N3. The van der Waals surface area contributed by atoms with Crippen molar-refractivity contribution in [3.05, 3.63) is 41.1 Å². The first-order valence-electron chi connectivity index (χ1n) is 7.53. The van der Waals surface area contributed by atoms with Gasteiger partial charge in [-0.3, -0.25) is 5.10 Å². The van der Waals surface area contributed by atoms with Crippen molar-refractivity contribution in [2.75, 3.05) is 13.6 Å². The Labute approximate surface area is 140 Å². The number of nitrogens with zero attached hydrogens (tertiary/aromatic N) is 2. The normalized spacial score (nSPS) is 12.8. The Morgan fingerprint density at radius 3 is 2.04 bits per heavy atom. The van der Waals surface area contributed by atoms with Crippen molar-refractivity contribution in [1.29, 1.82) is 0 Å². The maximum Gasteiger partial charge on any atom is 0.416 e. The van der Waals surface area contributed by atoms with E-state index in [2.05, 4.69) is 10.2 Å². The minimum Gasteiger partial charge on any atom is -0.302 e. The van der Waals surface area contributed by atoms with E-state index in [1.54, 1.807) is 0 Å². The van der Waals surface area contributed by atoms with Gasteiger partial charge in [0, 0.05) is 17.7 Å². The first-order valence-corrected chi connectivity index (χ1v) is 7.53. The molecule has 1 aromatic heterocycles. The number of aromatic amines is 1. The second kappa shape index (κ2) is 7.07. The van der Waals surface area contributed by atoms with Crippen molar-refractivity contribution in [3.8, 4) is 11.3 Å². The van der Waals surface area contributed by atoms with Crippen LogP contribution in [-0.2, 0) is 18.9 Å². The smallest absolute Gasteiger partial charge is 0.302 e. The Kier molecular flexibility index (Phi) is 5.46. The number of halogens is 6. The maximum absolute atomic E-state index is 13.0. The van der Waals surface area contributed by atoms with E-state index in [0.29, 0.717) is 24.2 Å². The molecule has 0 aliphatic carbocycles. The topological polar surface area (TPSA) is 31.9 Å². The van der Waals surface area contributed by atoms with Crippen molar-refractivity contribution in [2.24, 2.45) is 0 Å². The molecule has 0 saturated heterocycles. The lowest BCUT2D eigenvalue weighted by atomic mass is 10.0. The molecule has 9 heteroatoms. The molecule has 0 spiro atoms. The van der Waals surface area contributed by atoms with Crippen molar-refractivity contribution in [3.63, 3.8) is 0 Å². The van der Waals surface area contributed by atoms with Crippen molar-refractivity contribution in [1.82, 2.24) is 15.1 Å². The molecule has 0 atom stereocenters. The first kappa shape index (κ1) is 19.3. The Morgan fingerprint density at radius 2 is 1.56 bits per heavy atom. The van der Waals surface area contributed by atoms with E-state index in [1.807, 2.05) is 18.9 Å². The van der Waals surface area contributed by atoms with Crippen LogP contribution in [0, 0.1) is 0 Å². The molecule has 0 saturated carbocycles. The number of alkyl halides is 6. The molecule has 2 rings (SSSR count). The summed E-state index contributed by atoms with van der Waals surface area (Å²) >= 11 is 0. The predicted molar refractivity (Wildman–Crippen MR) is 80.7 cm³/mol. The standard InChI is InChI=1S/C16H17F6N3/c1-3-4-25(2)9-11-8-23-24-14(11)10-5-12(15(17,18)19)7-13(6-10)16(20,21)22/h5-8H,3-4,9H2,1-2H3,(H,23,24). The van der Waals surface area contributed by atoms with Gasteiger partial charge in [-0.1, -0.05) is 6.92 Å². The molecule has 1 N–H and O–H groups in total. The summed E-state index contributed by atoms with van der Waals surface area (Å²) in [5.74, 6) is 0. The van der Waals surface area contributed by atoms with Gasteiger partial charge in [-0.2, -0.15) is 31.4 Å². The number of hydrogen-bond donors (Lipinski definition) is 1. The third kappa shape index (κ3) is 4.75. The largest absolute Gasteiger partial charge is 0.416 e. The van der Waals surface area contributed by atoms with Crippen LogP contribution in [0.4, 0.5) is 26.3 Å². The number of hydrogen-bond acceptors (Lipinski definition) is 2. The maximum atomic E-state index is 13.0. The summed E-state index contributed by atoms with van der Waals surface area (Å²) in [5, 5.41) is 6.30. The number of rotatable bonds is 5. The van der Waals surface area contributed by atoms with Crippen molar-refractivity contribution < 1.29 is 26.3 Å². The van der Waals surface area contributed by atoms with Gasteiger partial charge >= 0.3 is 12.4 Å². The van der Waals surface area contributed by atoms with Gasteiger partial charge in [-0.15, -0.1) is 0 Å². The summed E-state index contributed by atoms with van der Waals surface area (Å²) in [5.41, 5.74) is -2.21. The molecule has 0 bridgehead atoms. The summed E-state index contributed by atoms with van der Waals surface area (Å²) in [6.07, 6.45) is -7.48. The highest BCUT2D eigenvalue weighted by atomic mass is 19.4. The monoisotopic (exact) mass is 365 g/mol. The fourth-order valence-corrected chi connectivity index (χ4v) is 2.53. The van der Waals surface area contributed by atoms with E-state index in [0.717, 1.165) is 13.0 Å². The lowest BCUT2D eigenvalue weighted by Crippen LogP contribution is -2.18. The molecule has 0 unspecified atom stereocenters. The van der Waals surface area contributed by atoms with Crippen LogP contribution in [0.5, 0.6) is 0 Å². The highest BCUT2D eigenvalue weighted by Gasteiger charge is 2.37. The molecule has 3 nitrogen and oxygen atoms in total. The molecule has 25 heavy (non-hydrogen) atoms. The van der Waals surface area contributed by atoms with Crippen LogP contribution in [0.2, 0.25) is 0 Å². The molecule has 0 aliphatic rings. The summed E-state index contributed by atoms with van der Waals surface area (Å²) in [7, 11) is 1.81. The molecule has 1 aromatic carbocycles. The summed E-state index contributed by atoms with van der Waals surface area (Å²) in [6, 6.07) is 1.51. The third-order valence-corrected chi connectivity index (χ3v) is 3.64. The Hall–Kier alpha value is -2.03. The average molecular weight is 365 g/mol. The zero-order valence-electron chi connectivity index (χ0n) is 13.6. The van der Waals surface area contributed by atoms with Gasteiger partial charge in [0.2, 0.25) is 0 Å². The van der Waals surface area contributed by atoms with Gasteiger partial charge in [0.25, 0.3) is 0 Å². The summed E-state index contributed by atoms with van der Waals surface area (Å²) in [6.45, 7) is 3.06. The van der Waals surface area contributed by atoms with Crippen molar-refractivity contribution >= 4 is 0 Å². The van der Waals surface area contributed by atoms with Crippen LogP contribution in [-0.4, -0.2) is 28.7 Å². The number of nitrogens with one attached hydrogen (secondary N) is 1. The van der Waals surface area contributed by atoms with E-state index in [4.69, 9.17) is 0 Å². The number of H-pyrrole nitrogens is 1. The average Bonchev–Trinajstić information content (AvgIpc) is 2.93. The second-order valence-electron chi connectivity index (χ2n) is 5.80. The molecule has 1 heterocycles. The molecule has 0 amide bonds. The third-order valence-electron chi connectivity index (χ3n) is 3.64. The van der Waals surface area contributed by atoms with E-state index >= 15 is 0 Å². The van der Waals surface area contributed by atoms with Crippen molar-refractivity contribution in [2.45, 2.75) is 32.2 Å². The lowest BCUT2D eigenvalue weighted by molar-refractivity contribution is -0.143. The Morgan fingerprint density at radius 1 is 1.00 bits per heavy atom. The fraction of sp³-hybridized carbons (Fsp3) is 0.438. The zero-order valence-corrected chi connectivity index (χ0v) is 13.6. The first-order chi connectivity index (χ1) is 11.5. The van der Waals surface area contributed by atoms with Gasteiger partial charge in [-0.25, -0.2) is 0 Å². The highest BCUT2D eigenvalue weighted by Crippen LogP contribution is 2.38. The lowest BCUT2D eigenvalue weighted by Gasteiger charge is -2.17. The van der Waals surface area contributed by atoms with Gasteiger partial charge in [0.1, 0.15) is 0 Å². The molecule has 0 radical (unpaired) electrons. The Balaban J connectivity index is 2.51. The minimum atomic E-state index is -4.88. The Bertz CT molecular complexity index is 685. The van der Waals surface area contributed by atoms with E-state index in [-0.39, 0.29) is 17.3 Å². The molecule has 0 fully saturated rings. The van der Waals surface area contributed by atoms with E-state index in [9.17, 15) is 26.3 Å². The number of aromatic nitrogens is 2. The SMILES string of the molecule is CCCN(C)Cc1cn[nH]c1-c1cc(C(F)(F)F)cc(C(F)(F)F)c1. The molecule has 138 valence electrons. The second-order valence-corrected chi connectivity index (χ2v) is 5.80. The molecular weight excluding hydrogens is 348 g/mol. The van der Waals surface area contributed by atoms with Crippen LogP contribution in [0.3, 0.4) is 0 Å². The van der Waals surface area contributed by atoms with Gasteiger partial charge in [0.15, 0.2) is 0 Å². The van der Waals surface area contributed by atoms with Crippen LogP contribution < -0.4 is 0 Å². The fourth-order valence-electron chi connectivity index (χ4n) is 2.53. The van der Waals surface area contributed by atoms with E-state index < -0.39 is 23.5 Å². The van der Waals surface area contributed by atoms with Crippen LogP contribution >= 0.6 is 0 Å². The molecule has 2 aromatic rings. The minimum absolute atomic E-state index is 0.114. The van der Waals surface area contributed by atoms with Gasteiger partial charge in [0.05, 0.1) is 23.0 Å². The predicted octanol–water partition coefficient (Wildman–Crippen LogP) is 4.96. The zero-order chi connectivity index (χ0) is 18.8. The highest BCUT2D eigenvalue weighted by molar-refractivity contribution is 5.65. The summed E-state index contributed by atoms with van der Waals surface area (Å²) < 4.78 is 77.9. The van der Waals surface area contributed by atoms with Crippen LogP contribution in [0.25, 0.3) is 11.3 Å². The van der Waals surface area contributed by atoms with Crippen LogP contribution in [0.15, 0.2) is 24.4 Å². The quantitative estimate of drug-likeness (QED) is 0.760. The molecule has 0 aliphatic heterocycles. The summed E-state index contributed by atoms with van der Waals surface area (Å²) in [4.78, 5) is 1.91. The van der Waals surface area contributed by atoms with Gasteiger partial charge < -0.3 is 4.90 Å². The van der Waals surface area contributed by atoms with E-state index in [1.165, 1.54) is 6.20 Å². The van der Waals surface area contributed by atoms with Gasteiger partial charge in [-0.05, 0) is 38.2 Å². The van der Waals surface area contributed by atoms with Crippen LogP contribution in [0.1, 0.15) is 30.0 Å².